The van der Waals surface area contributed by atoms with Gasteiger partial charge in [-0.25, -0.2) is 4.79 Å². The minimum Gasteiger partial charge on any atom is -0.454 e. The van der Waals surface area contributed by atoms with Crippen molar-refractivity contribution in [2.75, 3.05) is 20.4 Å². The molecule has 0 radical (unpaired) electrons. The lowest BCUT2D eigenvalue weighted by molar-refractivity contribution is -0.139. The number of nitrogens with one attached hydrogen (secondary N) is 1. The van der Waals surface area contributed by atoms with E-state index in [-0.39, 0.29) is 25.3 Å². The molecule has 4 rings (SSSR count). The second-order valence-corrected chi connectivity index (χ2v) is 7.61. The van der Waals surface area contributed by atoms with E-state index in [1.54, 1.807) is 32.2 Å². The summed E-state index contributed by atoms with van der Waals surface area (Å²) < 4.78 is 10.7. The Morgan fingerprint density at radius 3 is 2.60 bits per heavy atom. The van der Waals surface area contributed by atoms with Crippen molar-refractivity contribution in [3.05, 3.63) is 59.7 Å². The molecular formula is C22H23N3O5. The van der Waals surface area contributed by atoms with Crippen LogP contribution in [0.4, 0.5) is 4.79 Å². The Morgan fingerprint density at radius 2 is 1.87 bits per heavy atom. The van der Waals surface area contributed by atoms with Crippen LogP contribution >= 0.6 is 0 Å². The molecule has 2 heterocycles. The summed E-state index contributed by atoms with van der Waals surface area (Å²) in [5.74, 6) is 0.287. The summed E-state index contributed by atoms with van der Waals surface area (Å²) in [5.41, 5.74) is 0.240. The van der Waals surface area contributed by atoms with Crippen LogP contribution in [0.25, 0.3) is 0 Å². The maximum Gasteiger partial charge on any atom is 0.325 e. The van der Waals surface area contributed by atoms with Crippen molar-refractivity contribution in [2.24, 2.45) is 0 Å². The summed E-state index contributed by atoms with van der Waals surface area (Å²) in [7, 11) is 1.66. The van der Waals surface area contributed by atoms with Crippen molar-refractivity contribution in [3.63, 3.8) is 0 Å². The van der Waals surface area contributed by atoms with Crippen LogP contribution in [-0.4, -0.2) is 48.0 Å². The molecule has 0 bridgehead atoms. The maximum absolute atomic E-state index is 13.1. The quantitative estimate of drug-likeness (QED) is 0.767. The van der Waals surface area contributed by atoms with Crippen molar-refractivity contribution >= 4 is 17.8 Å². The number of rotatable bonds is 5. The van der Waals surface area contributed by atoms with E-state index in [1.165, 1.54) is 4.90 Å². The Bertz CT molecular complexity index is 1010. The lowest BCUT2D eigenvalue weighted by atomic mass is 9.91. The van der Waals surface area contributed by atoms with Gasteiger partial charge in [-0.05, 0) is 37.1 Å². The number of carbonyl (C=O) groups is 3. The highest BCUT2D eigenvalue weighted by Crippen LogP contribution is 2.37. The van der Waals surface area contributed by atoms with Crippen LogP contribution < -0.4 is 14.8 Å². The van der Waals surface area contributed by atoms with Crippen molar-refractivity contribution in [3.8, 4) is 11.5 Å². The van der Waals surface area contributed by atoms with Gasteiger partial charge in [-0.15, -0.1) is 0 Å². The van der Waals surface area contributed by atoms with Crippen molar-refractivity contribution in [1.82, 2.24) is 15.1 Å². The predicted molar refractivity (Wildman–Crippen MR) is 108 cm³/mol. The molecule has 0 aliphatic carbocycles. The summed E-state index contributed by atoms with van der Waals surface area (Å²) in [6.45, 7) is 3.29. The highest BCUT2D eigenvalue weighted by Gasteiger charge is 2.50. The van der Waals surface area contributed by atoms with Crippen LogP contribution in [0.1, 0.15) is 31.0 Å². The standard InChI is InChI=1S/C22H23N3O5/c1-14(15-7-5-4-6-8-15)24(3)19(26)12-25-20(27)22(2,23-21(25)28)16-9-10-17-18(11-16)30-13-29-17/h4-11,14H,12-13H2,1-3H3,(H,23,28)/t14-,22-/m0/s1. The van der Waals surface area contributed by atoms with E-state index in [0.717, 1.165) is 10.5 Å². The predicted octanol–water partition coefficient (Wildman–Crippen LogP) is 2.40. The summed E-state index contributed by atoms with van der Waals surface area (Å²) >= 11 is 0. The summed E-state index contributed by atoms with van der Waals surface area (Å²) in [4.78, 5) is 41.0. The van der Waals surface area contributed by atoms with Gasteiger partial charge in [-0.2, -0.15) is 0 Å². The third-order valence-electron chi connectivity index (χ3n) is 5.77. The lowest BCUT2D eigenvalue weighted by Gasteiger charge is -2.27. The highest BCUT2D eigenvalue weighted by molar-refractivity contribution is 6.09. The first-order valence-electron chi connectivity index (χ1n) is 9.66. The van der Waals surface area contributed by atoms with Crippen molar-refractivity contribution in [2.45, 2.75) is 25.4 Å². The number of carbonyl (C=O) groups excluding carboxylic acids is 3. The first kappa shape index (κ1) is 19.8. The number of likely N-dealkylation sites (N-methyl/N-ethyl adjacent to an activating group) is 1. The molecule has 30 heavy (non-hydrogen) atoms. The minimum atomic E-state index is -1.29. The topological polar surface area (TPSA) is 88.2 Å². The van der Waals surface area contributed by atoms with Gasteiger partial charge in [-0.3, -0.25) is 14.5 Å². The van der Waals surface area contributed by atoms with Gasteiger partial charge in [-0.1, -0.05) is 36.4 Å². The van der Waals surface area contributed by atoms with Crippen LogP contribution in [0, 0.1) is 0 Å². The third-order valence-corrected chi connectivity index (χ3v) is 5.77. The summed E-state index contributed by atoms with van der Waals surface area (Å²) in [5, 5.41) is 2.71. The molecule has 2 aromatic carbocycles. The van der Waals surface area contributed by atoms with Gasteiger partial charge in [0.25, 0.3) is 5.91 Å². The van der Waals surface area contributed by atoms with E-state index >= 15 is 0 Å². The van der Waals surface area contributed by atoms with E-state index in [1.807, 2.05) is 37.3 Å². The second-order valence-electron chi connectivity index (χ2n) is 7.61. The number of imide groups is 1. The van der Waals surface area contributed by atoms with Gasteiger partial charge in [0.1, 0.15) is 12.1 Å². The van der Waals surface area contributed by atoms with E-state index in [4.69, 9.17) is 9.47 Å². The van der Waals surface area contributed by atoms with Gasteiger partial charge in [0, 0.05) is 7.05 Å². The Kier molecular flexibility index (Phi) is 4.85. The summed E-state index contributed by atoms with van der Waals surface area (Å²) in [6, 6.07) is 13.9. The zero-order valence-corrected chi connectivity index (χ0v) is 17.0. The average Bonchev–Trinajstić information content (AvgIpc) is 3.31. The second kappa shape index (κ2) is 7.37. The average molecular weight is 409 g/mol. The fraction of sp³-hybridized carbons (Fsp3) is 0.318. The first-order chi connectivity index (χ1) is 14.3. The van der Waals surface area contributed by atoms with E-state index in [9.17, 15) is 14.4 Å². The van der Waals surface area contributed by atoms with Gasteiger partial charge in [0.2, 0.25) is 12.7 Å². The first-order valence-corrected chi connectivity index (χ1v) is 9.66. The monoisotopic (exact) mass is 409 g/mol. The zero-order chi connectivity index (χ0) is 21.5. The molecule has 0 unspecified atom stereocenters. The van der Waals surface area contributed by atoms with Crippen LogP contribution in [0.2, 0.25) is 0 Å². The van der Waals surface area contributed by atoms with E-state index in [2.05, 4.69) is 5.32 Å². The maximum atomic E-state index is 13.1. The molecular weight excluding hydrogens is 386 g/mol. The molecule has 0 spiro atoms. The van der Waals surface area contributed by atoms with E-state index in [0.29, 0.717) is 17.1 Å². The number of ether oxygens (including phenoxy) is 2. The van der Waals surface area contributed by atoms with Crippen LogP contribution in [-0.2, 0) is 15.1 Å². The van der Waals surface area contributed by atoms with Crippen LogP contribution in [0.3, 0.4) is 0 Å². The van der Waals surface area contributed by atoms with Gasteiger partial charge in [0.15, 0.2) is 11.5 Å². The number of hydrogen-bond acceptors (Lipinski definition) is 5. The number of nitrogens with zero attached hydrogens (tertiary/aromatic N) is 2. The Labute approximate surface area is 174 Å². The van der Waals surface area contributed by atoms with E-state index < -0.39 is 17.5 Å². The molecule has 1 saturated heterocycles. The Hall–Kier alpha value is -3.55. The highest BCUT2D eigenvalue weighted by atomic mass is 16.7. The molecule has 2 aliphatic heterocycles. The normalized spacial score (nSPS) is 20.8. The largest absolute Gasteiger partial charge is 0.454 e. The van der Waals surface area contributed by atoms with Gasteiger partial charge < -0.3 is 19.7 Å². The molecule has 2 aromatic rings. The fourth-order valence-electron chi connectivity index (χ4n) is 3.66. The molecule has 2 aliphatic rings. The minimum absolute atomic E-state index is 0.113. The number of fused-ring (bicyclic) bond motifs is 1. The van der Waals surface area contributed by atoms with Gasteiger partial charge in [0.05, 0.1) is 6.04 Å². The molecule has 8 nitrogen and oxygen atoms in total. The number of hydrogen-bond donors (Lipinski definition) is 1. The molecule has 0 aromatic heterocycles. The van der Waals surface area contributed by atoms with Crippen LogP contribution in [0.5, 0.6) is 11.5 Å². The van der Waals surface area contributed by atoms with Crippen LogP contribution in [0.15, 0.2) is 48.5 Å². The fourth-order valence-corrected chi connectivity index (χ4v) is 3.66. The zero-order valence-electron chi connectivity index (χ0n) is 17.0. The number of amides is 4. The molecule has 4 amide bonds. The molecule has 156 valence electrons. The molecule has 0 saturated carbocycles. The number of benzene rings is 2. The summed E-state index contributed by atoms with van der Waals surface area (Å²) in [6.07, 6.45) is 0. The molecule has 8 heteroatoms. The Balaban J connectivity index is 1.51. The molecule has 1 fully saturated rings. The Morgan fingerprint density at radius 1 is 1.17 bits per heavy atom. The molecule has 2 atom stereocenters. The SMILES string of the molecule is C[C@@H](c1ccccc1)N(C)C(=O)CN1C(=O)N[C@@](C)(c2ccc3c(c2)OCO3)C1=O. The van der Waals surface area contributed by atoms with Crippen molar-refractivity contribution in [1.29, 1.82) is 0 Å². The number of urea groups is 1. The lowest BCUT2D eigenvalue weighted by Crippen LogP contribution is -2.44. The molecule has 1 N–H and O–H groups in total. The third kappa shape index (κ3) is 3.24. The van der Waals surface area contributed by atoms with Crippen molar-refractivity contribution < 1.29 is 23.9 Å². The smallest absolute Gasteiger partial charge is 0.325 e. The van der Waals surface area contributed by atoms with Gasteiger partial charge >= 0.3 is 6.03 Å².